The Morgan fingerprint density at radius 3 is 2.17 bits per heavy atom. The Kier molecular flexibility index (Phi) is 5.62. The minimum absolute atomic E-state index is 0.418. The zero-order valence-corrected chi connectivity index (χ0v) is 22.4. The van der Waals surface area contributed by atoms with E-state index in [4.69, 9.17) is 8.85 Å². The summed E-state index contributed by atoms with van der Waals surface area (Å²) in [5, 5.41) is 0. The average Bonchev–Trinajstić information content (AvgIpc) is 2.89. The Balaban J connectivity index is 1.53. The lowest BCUT2D eigenvalue weighted by Gasteiger charge is -2.58. The van der Waals surface area contributed by atoms with Gasteiger partial charge in [-0.25, -0.2) is 0 Å². The van der Waals surface area contributed by atoms with Crippen LogP contribution in [0.25, 0.3) is 0 Å². The van der Waals surface area contributed by atoms with Gasteiger partial charge < -0.3 is 8.85 Å². The summed E-state index contributed by atoms with van der Waals surface area (Å²) in [6.45, 7) is 19.3. The lowest BCUT2D eigenvalue weighted by molar-refractivity contribution is -0.0660. The normalized spacial score (nSPS) is 45.2. The molecule has 3 unspecified atom stereocenters. The molecule has 0 heterocycles. The second kappa shape index (κ2) is 7.32. The molecule has 0 saturated heterocycles. The van der Waals surface area contributed by atoms with Gasteiger partial charge in [0.25, 0.3) is 0 Å². The summed E-state index contributed by atoms with van der Waals surface area (Å²) in [4.78, 5) is 0. The van der Waals surface area contributed by atoms with Crippen LogP contribution in [-0.4, -0.2) is 28.8 Å². The van der Waals surface area contributed by atoms with Crippen LogP contribution < -0.4 is 0 Å². The molecule has 4 heteroatoms. The van der Waals surface area contributed by atoms with Crippen molar-refractivity contribution in [3.05, 3.63) is 11.6 Å². The third-order valence-corrected chi connectivity index (χ3v) is 11.0. The molecule has 0 N–H and O–H groups in total. The summed E-state index contributed by atoms with van der Waals surface area (Å²) in [6.07, 6.45) is 14.3. The molecule has 2 nitrogen and oxygen atoms in total. The number of hydrogen-bond acceptors (Lipinski definition) is 2. The summed E-state index contributed by atoms with van der Waals surface area (Å²) < 4.78 is 13.3. The summed E-state index contributed by atoms with van der Waals surface area (Å²) in [6, 6.07) is 0. The fourth-order valence-electron chi connectivity index (χ4n) is 7.80. The summed E-state index contributed by atoms with van der Waals surface area (Å²) in [5.41, 5.74) is 2.60. The van der Waals surface area contributed by atoms with Gasteiger partial charge in [0, 0.05) is 6.10 Å². The van der Waals surface area contributed by atoms with E-state index in [1.54, 1.807) is 5.57 Å². The Morgan fingerprint density at radius 2 is 1.52 bits per heavy atom. The number of fused-ring (bicyclic) bond motifs is 5. The first kappa shape index (κ1) is 22.3. The first-order chi connectivity index (χ1) is 13.3. The van der Waals surface area contributed by atoms with Gasteiger partial charge >= 0.3 is 0 Å². The number of rotatable bonds is 4. The van der Waals surface area contributed by atoms with Crippen LogP contribution in [0.1, 0.15) is 65.2 Å². The monoisotopic (exact) mass is 434 g/mol. The van der Waals surface area contributed by atoms with Crippen molar-refractivity contribution in [3.8, 4) is 0 Å². The van der Waals surface area contributed by atoms with Gasteiger partial charge in [0.15, 0.2) is 16.6 Å². The molecule has 29 heavy (non-hydrogen) atoms. The molecule has 7 atom stereocenters. The quantitative estimate of drug-likeness (QED) is 0.339. The maximum absolute atomic E-state index is 6.75. The molecule has 0 radical (unpaired) electrons. The Morgan fingerprint density at radius 1 is 0.828 bits per heavy atom. The lowest BCUT2D eigenvalue weighted by Crippen LogP contribution is -2.52. The maximum atomic E-state index is 6.75. The number of hydrogen-bond donors (Lipinski definition) is 0. The molecule has 0 aliphatic heterocycles. The third-order valence-electron chi connectivity index (χ3n) is 8.99. The summed E-state index contributed by atoms with van der Waals surface area (Å²) >= 11 is 0. The predicted octanol–water partition coefficient (Wildman–Crippen LogP) is 7.39. The summed E-state index contributed by atoms with van der Waals surface area (Å²) in [5.74, 6) is 2.64. The lowest BCUT2D eigenvalue weighted by atomic mass is 9.48. The van der Waals surface area contributed by atoms with Gasteiger partial charge in [-0.05, 0) is 119 Å². The van der Waals surface area contributed by atoms with Gasteiger partial charge in [-0.15, -0.1) is 0 Å². The van der Waals surface area contributed by atoms with Crippen molar-refractivity contribution < 1.29 is 8.85 Å². The van der Waals surface area contributed by atoms with Crippen molar-refractivity contribution in [2.24, 2.45) is 28.6 Å². The van der Waals surface area contributed by atoms with E-state index in [0.29, 0.717) is 23.0 Å². The van der Waals surface area contributed by atoms with E-state index in [-0.39, 0.29) is 0 Å². The van der Waals surface area contributed by atoms with Crippen LogP contribution in [0.15, 0.2) is 11.6 Å². The predicted molar refractivity (Wildman–Crippen MR) is 128 cm³/mol. The summed E-state index contributed by atoms with van der Waals surface area (Å²) in [7, 11) is -2.93. The van der Waals surface area contributed by atoms with E-state index in [2.05, 4.69) is 59.2 Å². The maximum Gasteiger partial charge on any atom is 0.184 e. The van der Waals surface area contributed by atoms with Gasteiger partial charge in [0.05, 0.1) is 6.10 Å². The number of allylic oxidation sites excluding steroid dienone is 1. The Hall–Kier alpha value is 0.0938. The highest BCUT2D eigenvalue weighted by atomic mass is 28.4. The van der Waals surface area contributed by atoms with Gasteiger partial charge in [0.1, 0.15) is 0 Å². The van der Waals surface area contributed by atoms with E-state index in [1.807, 2.05) is 0 Å². The highest BCUT2D eigenvalue weighted by Gasteiger charge is 2.59. The fraction of sp³-hybridized carbons (Fsp3) is 0.920. The average molecular weight is 435 g/mol. The van der Waals surface area contributed by atoms with E-state index in [0.717, 1.165) is 17.8 Å². The first-order valence-corrected chi connectivity index (χ1v) is 19.2. The molecule has 0 spiro atoms. The SMILES string of the molecule is C[C@]12CC[C@H](O[Si](C)(C)C)CC1=CCC1C2CC[C@@]2(C)C1CC[C@H]2O[Si](C)(C)C. The zero-order valence-electron chi connectivity index (χ0n) is 20.4. The van der Waals surface area contributed by atoms with Crippen LogP contribution in [-0.2, 0) is 8.85 Å². The molecule has 166 valence electrons. The van der Waals surface area contributed by atoms with Crippen LogP contribution >= 0.6 is 0 Å². The zero-order chi connectivity index (χ0) is 21.2. The molecule has 3 fully saturated rings. The van der Waals surface area contributed by atoms with Crippen LogP contribution in [0.2, 0.25) is 39.3 Å². The van der Waals surface area contributed by atoms with Gasteiger partial charge in [-0.2, -0.15) is 0 Å². The molecule has 4 aliphatic rings. The largest absolute Gasteiger partial charge is 0.414 e. The second-order valence-electron chi connectivity index (χ2n) is 13.2. The van der Waals surface area contributed by atoms with E-state index in [1.165, 1.54) is 51.4 Å². The van der Waals surface area contributed by atoms with Crippen molar-refractivity contribution in [1.29, 1.82) is 0 Å². The van der Waals surface area contributed by atoms with E-state index >= 15 is 0 Å². The molecular formula is C25H46O2Si2. The molecule has 4 rings (SSSR count). The fourth-order valence-corrected chi connectivity index (χ4v) is 10.2. The highest BCUT2D eigenvalue weighted by molar-refractivity contribution is 6.70. The van der Waals surface area contributed by atoms with Gasteiger partial charge in [-0.1, -0.05) is 25.5 Å². The van der Waals surface area contributed by atoms with Crippen LogP contribution in [0, 0.1) is 28.6 Å². The van der Waals surface area contributed by atoms with E-state index < -0.39 is 16.6 Å². The highest BCUT2D eigenvalue weighted by Crippen LogP contribution is 2.65. The van der Waals surface area contributed by atoms with Crippen molar-refractivity contribution in [2.75, 3.05) is 0 Å². The van der Waals surface area contributed by atoms with Gasteiger partial charge in [0.2, 0.25) is 0 Å². The van der Waals surface area contributed by atoms with Gasteiger partial charge in [-0.3, -0.25) is 0 Å². The second-order valence-corrected chi connectivity index (χ2v) is 22.1. The van der Waals surface area contributed by atoms with Crippen LogP contribution in [0.3, 0.4) is 0 Å². The minimum atomic E-state index is -1.48. The van der Waals surface area contributed by atoms with E-state index in [9.17, 15) is 0 Å². The molecule has 0 aromatic rings. The standard InChI is InChI=1S/C25H46O2Si2/c1-24-15-13-19(26-28(3,4)5)17-18(24)9-10-20-21-11-12-23(27-29(6,7)8)25(21,2)16-14-22(20)24/h9,19-23H,10-17H2,1-8H3/t19-,20?,21?,22?,23+,24-,25-/m0/s1. The Bertz CT molecular complexity index is 661. The first-order valence-electron chi connectivity index (χ1n) is 12.4. The molecule has 4 aliphatic carbocycles. The molecule has 0 bridgehead atoms. The van der Waals surface area contributed by atoms with Crippen molar-refractivity contribution in [1.82, 2.24) is 0 Å². The van der Waals surface area contributed by atoms with Crippen LogP contribution in [0.4, 0.5) is 0 Å². The van der Waals surface area contributed by atoms with Crippen molar-refractivity contribution in [3.63, 3.8) is 0 Å². The minimum Gasteiger partial charge on any atom is -0.414 e. The molecule has 0 aromatic carbocycles. The molecule has 3 saturated carbocycles. The molecule has 0 amide bonds. The third kappa shape index (κ3) is 4.13. The van der Waals surface area contributed by atoms with Crippen molar-refractivity contribution in [2.45, 2.75) is 117 Å². The molecule has 0 aromatic heterocycles. The van der Waals surface area contributed by atoms with Crippen LogP contribution in [0.5, 0.6) is 0 Å². The smallest absolute Gasteiger partial charge is 0.184 e. The topological polar surface area (TPSA) is 18.5 Å². The Labute approximate surface area is 182 Å². The molecular weight excluding hydrogens is 388 g/mol. The van der Waals surface area contributed by atoms with Crippen molar-refractivity contribution >= 4 is 16.6 Å².